The molecule has 1 heterocycles. The molecule has 170 valence electrons. The van der Waals surface area contributed by atoms with Crippen LogP contribution >= 0.6 is 11.3 Å². The first-order valence-electron chi connectivity index (χ1n) is 9.62. The summed E-state index contributed by atoms with van der Waals surface area (Å²) in [6, 6.07) is 13.8. The number of nitro groups is 1. The Bertz CT molecular complexity index is 1150. The Balaban J connectivity index is 1.65. The number of thiophene rings is 1. The first-order chi connectivity index (χ1) is 15.8. The molecular weight excluding hydrogens is 453 g/mol. The summed E-state index contributed by atoms with van der Waals surface area (Å²) in [5.74, 6) is -3.01. The average Bonchev–Trinajstić information content (AvgIpc) is 3.34. The summed E-state index contributed by atoms with van der Waals surface area (Å²) in [6.07, 6.45) is 0.127. The number of esters is 1. The number of hydrogen-bond donors (Lipinski definition) is 2. The van der Waals surface area contributed by atoms with Gasteiger partial charge in [-0.1, -0.05) is 36.4 Å². The first kappa shape index (κ1) is 23.5. The molecule has 9 nitrogen and oxygen atoms in total. The standard InChI is InChI=1S/C22H18FN3O6S/c23-15-8-9-16(18(12-15)26(30)31)24-20(27)13-32-22(29)17(11-14-5-2-1-3-6-14)25-21(28)19-7-4-10-33-19/h1-10,12,17H,11,13H2,(H,24,27)(H,25,28)/t17-/m0/s1. The van der Waals surface area contributed by atoms with Gasteiger partial charge in [0.15, 0.2) is 6.61 Å². The van der Waals surface area contributed by atoms with Crippen LogP contribution in [0.15, 0.2) is 66.0 Å². The van der Waals surface area contributed by atoms with Gasteiger partial charge in [0.05, 0.1) is 15.9 Å². The molecular formula is C22H18FN3O6S. The third kappa shape index (κ3) is 6.68. The van der Waals surface area contributed by atoms with Crippen LogP contribution in [0.4, 0.5) is 15.8 Å². The molecule has 0 spiro atoms. The zero-order chi connectivity index (χ0) is 23.8. The maximum absolute atomic E-state index is 13.3. The van der Waals surface area contributed by atoms with E-state index < -0.39 is 46.9 Å². The molecule has 2 aromatic carbocycles. The third-order valence-electron chi connectivity index (χ3n) is 4.39. The van der Waals surface area contributed by atoms with Crippen LogP contribution in [0.2, 0.25) is 0 Å². The van der Waals surface area contributed by atoms with E-state index in [0.717, 1.165) is 17.7 Å². The number of ether oxygens (including phenoxy) is 1. The number of halogens is 1. The molecule has 0 fully saturated rings. The SMILES string of the molecule is O=C(COC(=O)[C@H](Cc1ccccc1)NC(=O)c1cccs1)Nc1ccc(F)cc1[N+](=O)[O-]. The summed E-state index contributed by atoms with van der Waals surface area (Å²) < 4.78 is 18.3. The smallest absolute Gasteiger partial charge is 0.329 e. The lowest BCUT2D eigenvalue weighted by Crippen LogP contribution is -2.43. The summed E-state index contributed by atoms with van der Waals surface area (Å²) in [5, 5.41) is 17.6. The van der Waals surface area contributed by atoms with Crippen molar-refractivity contribution in [3.63, 3.8) is 0 Å². The largest absolute Gasteiger partial charge is 0.454 e. The van der Waals surface area contributed by atoms with Gasteiger partial charge in [0.1, 0.15) is 17.5 Å². The Morgan fingerprint density at radius 3 is 2.52 bits per heavy atom. The number of hydrogen-bond acceptors (Lipinski definition) is 7. The highest BCUT2D eigenvalue weighted by molar-refractivity contribution is 7.12. The van der Waals surface area contributed by atoms with Crippen molar-refractivity contribution in [1.29, 1.82) is 0 Å². The molecule has 1 aromatic heterocycles. The Hall–Kier alpha value is -4.12. The molecule has 0 aliphatic carbocycles. The average molecular weight is 471 g/mol. The minimum absolute atomic E-state index is 0.127. The maximum atomic E-state index is 13.3. The summed E-state index contributed by atoms with van der Waals surface area (Å²) in [7, 11) is 0. The van der Waals surface area contributed by atoms with Crippen molar-refractivity contribution < 1.29 is 28.4 Å². The number of carbonyl (C=O) groups is 3. The second-order valence-electron chi connectivity index (χ2n) is 6.77. The summed E-state index contributed by atoms with van der Waals surface area (Å²) in [4.78, 5) is 47.9. The van der Waals surface area contributed by atoms with Crippen LogP contribution < -0.4 is 10.6 Å². The number of rotatable bonds is 9. The van der Waals surface area contributed by atoms with Crippen LogP contribution in [0, 0.1) is 15.9 Å². The molecule has 33 heavy (non-hydrogen) atoms. The lowest BCUT2D eigenvalue weighted by Gasteiger charge is -2.17. The van der Waals surface area contributed by atoms with Crippen LogP contribution in [0.5, 0.6) is 0 Å². The number of amides is 2. The van der Waals surface area contributed by atoms with Crippen LogP contribution in [0.25, 0.3) is 0 Å². The van der Waals surface area contributed by atoms with Crippen molar-refractivity contribution >= 4 is 40.5 Å². The Labute approximate surface area is 191 Å². The fourth-order valence-electron chi connectivity index (χ4n) is 2.87. The van der Waals surface area contributed by atoms with Crippen molar-refractivity contribution in [2.45, 2.75) is 12.5 Å². The molecule has 3 rings (SSSR count). The van der Waals surface area contributed by atoms with E-state index in [-0.39, 0.29) is 12.1 Å². The number of nitrogens with zero attached hydrogens (tertiary/aromatic N) is 1. The number of benzene rings is 2. The van der Waals surface area contributed by atoms with Gasteiger partial charge in [0.2, 0.25) is 0 Å². The fourth-order valence-corrected chi connectivity index (χ4v) is 3.49. The van der Waals surface area contributed by atoms with Crippen LogP contribution in [-0.4, -0.2) is 35.4 Å². The van der Waals surface area contributed by atoms with Gasteiger partial charge in [0, 0.05) is 6.42 Å². The molecule has 1 atom stereocenters. The monoisotopic (exact) mass is 471 g/mol. The van der Waals surface area contributed by atoms with E-state index in [1.54, 1.807) is 47.8 Å². The second-order valence-corrected chi connectivity index (χ2v) is 7.72. The van der Waals surface area contributed by atoms with Crippen LogP contribution in [0.1, 0.15) is 15.2 Å². The van der Waals surface area contributed by atoms with Gasteiger partial charge < -0.3 is 15.4 Å². The highest BCUT2D eigenvalue weighted by Gasteiger charge is 2.25. The lowest BCUT2D eigenvalue weighted by atomic mass is 10.1. The van der Waals surface area contributed by atoms with E-state index in [4.69, 9.17) is 4.74 Å². The van der Waals surface area contributed by atoms with Crippen LogP contribution in [-0.2, 0) is 20.7 Å². The predicted molar refractivity (Wildman–Crippen MR) is 118 cm³/mol. The van der Waals surface area contributed by atoms with E-state index in [9.17, 15) is 28.9 Å². The molecule has 11 heteroatoms. The van der Waals surface area contributed by atoms with Crippen molar-refractivity contribution in [3.05, 3.63) is 92.4 Å². The van der Waals surface area contributed by atoms with Gasteiger partial charge in [-0.2, -0.15) is 0 Å². The highest BCUT2D eigenvalue weighted by atomic mass is 32.1. The summed E-state index contributed by atoms with van der Waals surface area (Å²) in [5.41, 5.74) is -0.119. The maximum Gasteiger partial charge on any atom is 0.329 e. The first-order valence-corrected chi connectivity index (χ1v) is 10.5. The van der Waals surface area contributed by atoms with Crippen molar-refractivity contribution in [1.82, 2.24) is 5.32 Å². The zero-order valence-electron chi connectivity index (χ0n) is 17.0. The van der Waals surface area contributed by atoms with E-state index in [1.165, 1.54) is 11.3 Å². The second kappa shape index (κ2) is 11.0. The van der Waals surface area contributed by atoms with Gasteiger partial charge in [-0.15, -0.1) is 11.3 Å². The molecule has 3 aromatic rings. The zero-order valence-corrected chi connectivity index (χ0v) is 17.8. The van der Waals surface area contributed by atoms with Gasteiger partial charge in [-0.3, -0.25) is 19.7 Å². The Morgan fingerprint density at radius 2 is 1.85 bits per heavy atom. The van der Waals surface area contributed by atoms with E-state index in [1.807, 2.05) is 0 Å². The van der Waals surface area contributed by atoms with Gasteiger partial charge in [0.25, 0.3) is 17.5 Å². The highest BCUT2D eigenvalue weighted by Crippen LogP contribution is 2.24. The van der Waals surface area contributed by atoms with Gasteiger partial charge in [-0.05, 0) is 29.1 Å². The molecule has 0 aliphatic heterocycles. The topological polar surface area (TPSA) is 128 Å². The Morgan fingerprint density at radius 1 is 1.09 bits per heavy atom. The normalized spacial score (nSPS) is 11.3. The van der Waals surface area contributed by atoms with Crippen LogP contribution in [0.3, 0.4) is 0 Å². The van der Waals surface area contributed by atoms with E-state index in [2.05, 4.69) is 10.6 Å². The molecule has 0 saturated carbocycles. The molecule has 2 N–H and O–H groups in total. The molecule has 0 unspecified atom stereocenters. The minimum Gasteiger partial charge on any atom is -0.454 e. The molecule has 0 bridgehead atoms. The number of anilines is 1. The third-order valence-corrected chi connectivity index (χ3v) is 5.26. The number of nitro benzene ring substituents is 1. The molecule has 2 amide bonds. The van der Waals surface area contributed by atoms with E-state index in [0.29, 0.717) is 10.9 Å². The molecule has 0 aliphatic rings. The predicted octanol–water partition coefficient (Wildman–Crippen LogP) is 3.32. The van der Waals surface area contributed by atoms with Gasteiger partial charge >= 0.3 is 5.97 Å². The fraction of sp³-hybridized carbons (Fsp3) is 0.136. The quantitative estimate of drug-likeness (QED) is 0.280. The van der Waals surface area contributed by atoms with Gasteiger partial charge in [-0.25, -0.2) is 9.18 Å². The van der Waals surface area contributed by atoms with Crippen molar-refractivity contribution in [2.75, 3.05) is 11.9 Å². The van der Waals surface area contributed by atoms with E-state index >= 15 is 0 Å². The minimum atomic E-state index is -1.07. The molecule has 0 radical (unpaired) electrons. The molecule has 0 saturated heterocycles. The number of nitrogens with one attached hydrogen (secondary N) is 2. The summed E-state index contributed by atoms with van der Waals surface area (Å²) in [6.45, 7) is -0.756. The van der Waals surface area contributed by atoms with Crippen molar-refractivity contribution in [3.8, 4) is 0 Å². The summed E-state index contributed by atoms with van der Waals surface area (Å²) >= 11 is 1.21. The van der Waals surface area contributed by atoms with Crippen molar-refractivity contribution in [2.24, 2.45) is 0 Å². The Kier molecular flexibility index (Phi) is 7.82. The lowest BCUT2D eigenvalue weighted by molar-refractivity contribution is -0.384. The number of carbonyl (C=O) groups excluding carboxylic acids is 3.